The van der Waals surface area contributed by atoms with Crippen molar-refractivity contribution >= 4 is 15.9 Å². The summed E-state index contributed by atoms with van der Waals surface area (Å²) in [5.41, 5.74) is 6.64. The molecule has 1 aromatic carbocycles. The van der Waals surface area contributed by atoms with Crippen LogP contribution in [-0.4, -0.2) is 16.1 Å². The molecule has 78 valence electrons. The molecular formula is C11H12BrN3. The maximum atomic E-state index is 5.53. The van der Waals surface area contributed by atoms with Gasteiger partial charge < -0.3 is 10.3 Å². The van der Waals surface area contributed by atoms with E-state index < -0.39 is 0 Å². The molecule has 0 saturated carbocycles. The van der Waals surface area contributed by atoms with E-state index in [-0.39, 0.29) is 0 Å². The summed E-state index contributed by atoms with van der Waals surface area (Å²) in [6.45, 7) is 1.42. The molecule has 0 bridgehead atoms. The molecule has 0 radical (unpaired) electrons. The third kappa shape index (κ3) is 2.27. The van der Waals surface area contributed by atoms with Crippen LogP contribution in [0, 0.1) is 0 Å². The Hall–Kier alpha value is -1.13. The minimum Gasteiger partial charge on any atom is -0.330 e. The Kier molecular flexibility index (Phi) is 3.18. The van der Waals surface area contributed by atoms with Crippen molar-refractivity contribution in [3.05, 3.63) is 41.1 Å². The molecule has 0 amide bonds. The van der Waals surface area contributed by atoms with Gasteiger partial charge in [-0.2, -0.15) is 0 Å². The molecule has 0 atom stereocenters. The highest BCUT2D eigenvalue weighted by Gasteiger charge is 2.04. The van der Waals surface area contributed by atoms with Crippen molar-refractivity contribution in [3.63, 3.8) is 0 Å². The average molecular weight is 266 g/mol. The number of hydrogen-bond donors (Lipinski definition) is 1. The minimum absolute atomic E-state index is 0.625. The minimum atomic E-state index is 0.625. The van der Waals surface area contributed by atoms with Gasteiger partial charge >= 0.3 is 0 Å². The lowest BCUT2D eigenvalue weighted by Crippen LogP contribution is -2.10. The second kappa shape index (κ2) is 4.59. The summed E-state index contributed by atoms with van der Waals surface area (Å²) in [5, 5.41) is 0. The standard InChI is InChI=1S/C11H12BrN3/c12-10-3-1-9(2-4-10)11-14-6-8-15(11)7-5-13/h1-4,6,8H,5,7,13H2. The second-order valence-electron chi connectivity index (χ2n) is 3.24. The fourth-order valence-corrected chi connectivity index (χ4v) is 1.75. The number of imidazole rings is 1. The number of aromatic nitrogens is 2. The van der Waals surface area contributed by atoms with Crippen molar-refractivity contribution in [1.82, 2.24) is 9.55 Å². The van der Waals surface area contributed by atoms with E-state index in [1.165, 1.54) is 0 Å². The molecule has 0 saturated heterocycles. The van der Waals surface area contributed by atoms with Gasteiger partial charge in [-0.25, -0.2) is 4.98 Å². The number of hydrogen-bond acceptors (Lipinski definition) is 2. The maximum Gasteiger partial charge on any atom is 0.139 e. The topological polar surface area (TPSA) is 43.8 Å². The lowest BCUT2D eigenvalue weighted by atomic mass is 10.2. The van der Waals surface area contributed by atoms with E-state index in [2.05, 4.69) is 25.5 Å². The van der Waals surface area contributed by atoms with Crippen LogP contribution in [-0.2, 0) is 6.54 Å². The third-order valence-electron chi connectivity index (χ3n) is 2.19. The highest BCUT2D eigenvalue weighted by molar-refractivity contribution is 9.10. The van der Waals surface area contributed by atoms with E-state index in [9.17, 15) is 0 Å². The summed E-state index contributed by atoms with van der Waals surface area (Å²) in [7, 11) is 0. The van der Waals surface area contributed by atoms with Gasteiger partial charge in [0.25, 0.3) is 0 Å². The Morgan fingerprint density at radius 1 is 1.27 bits per heavy atom. The van der Waals surface area contributed by atoms with E-state index in [0.29, 0.717) is 6.54 Å². The molecule has 1 aromatic heterocycles. The van der Waals surface area contributed by atoms with E-state index in [1.807, 2.05) is 30.5 Å². The molecule has 0 spiro atoms. The largest absolute Gasteiger partial charge is 0.330 e. The smallest absolute Gasteiger partial charge is 0.139 e. The molecule has 0 fully saturated rings. The quantitative estimate of drug-likeness (QED) is 0.926. The van der Waals surface area contributed by atoms with Crippen molar-refractivity contribution in [3.8, 4) is 11.4 Å². The van der Waals surface area contributed by atoms with Crippen LogP contribution in [0.25, 0.3) is 11.4 Å². The Morgan fingerprint density at radius 3 is 2.67 bits per heavy atom. The first-order chi connectivity index (χ1) is 7.31. The van der Waals surface area contributed by atoms with Gasteiger partial charge in [0, 0.05) is 35.5 Å². The lowest BCUT2D eigenvalue weighted by Gasteiger charge is -2.05. The second-order valence-corrected chi connectivity index (χ2v) is 4.16. The predicted molar refractivity (Wildman–Crippen MR) is 64.4 cm³/mol. The normalized spacial score (nSPS) is 10.5. The number of nitrogens with zero attached hydrogens (tertiary/aromatic N) is 2. The van der Waals surface area contributed by atoms with E-state index in [1.54, 1.807) is 6.20 Å². The molecule has 1 heterocycles. The SMILES string of the molecule is NCCn1ccnc1-c1ccc(Br)cc1. The Morgan fingerprint density at radius 2 is 2.00 bits per heavy atom. The molecule has 0 unspecified atom stereocenters. The monoisotopic (exact) mass is 265 g/mol. The van der Waals surface area contributed by atoms with Crippen LogP contribution in [0.4, 0.5) is 0 Å². The van der Waals surface area contributed by atoms with Crippen LogP contribution >= 0.6 is 15.9 Å². The van der Waals surface area contributed by atoms with Crippen molar-refractivity contribution in [2.45, 2.75) is 6.54 Å². The Balaban J connectivity index is 2.36. The summed E-state index contributed by atoms with van der Waals surface area (Å²) in [5.74, 6) is 0.966. The zero-order chi connectivity index (χ0) is 10.7. The third-order valence-corrected chi connectivity index (χ3v) is 2.72. The summed E-state index contributed by atoms with van der Waals surface area (Å²) in [4.78, 5) is 4.33. The highest BCUT2D eigenvalue weighted by Crippen LogP contribution is 2.19. The van der Waals surface area contributed by atoms with Gasteiger partial charge in [-0.15, -0.1) is 0 Å². The van der Waals surface area contributed by atoms with Crippen LogP contribution < -0.4 is 5.73 Å². The van der Waals surface area contributed by atoms with Gasteiger partial charge in [0.05, 0.1) is 0 Å². The molecule has 3 nitrogen and oxygen atoms in total. The molecule has 0 aliphatic rings. The zero-order valence-electron chi connectivity index (χ0n) is 8.23. The molecular weight excluding hydrogens is 254 g/mol. The highest BCUT2D eigenvalue weighted by atomic mass is 79.9. The number of rotatable bonds is 3. The number of nitrogens with two attached hydrogens (primary N) is 1. The van der Waals surface area contributed by atoms with Gasteiger partial charge in [0.2, 0.25) is 0 Å². The molecule has 15 heavy (non-hydrogen) atoms. The predicted octanol–water partition coefficient (Wildman–Crippen LogP) is 2.27. The van der Waals surface area contributed by atoms with Crippen LogP contribution in [0.3, 0.4) is 0 Å². The van der Waals surface area contributed by atoms with Gasteiger partial charge in [-0.1, -0.05) is 28.1 Å². The summed E-state index contributed by atoms with van der Waals surface area (Å²) in [6.07, 6.45) is 3.75. The van der Waals surface area contributed by atoms with Crippen LogP contribution in [0.1, 0.15) is 0 Å². The van der Waals surface area contributed by atoms with Crippen LogP contribution in [0.5, 0.6) is 0 Å². The number of halogens is 1. The fourth-order valence-electron chi connectivity index (χ4n) is 1.49. The molecule has 0 aliphatic carbocycles. The molecule has 2 aromatic rings. The van der Waals surface area contributed by atoms with E-state index >= 15 is 0 Å². The van der Waals surface area contributed by atoms with Crippen molar-refractivity contribution in [1.29, 1.82) is 0 Å². The van der Waals surface area contributed by atoms with Crippen LogP contribution in [0.2, 0.25) is 0 Å². The molecule has 2 N–H and O–H groups in total. The molecule has 0 aliphatic heterocycles. The van der Waals surface area contributed by atoms with Crippen LogP contribution in [0.15, 0.2) is 41.1 Å². The summed E-state index contributed by atoms with van der Waals surface area (Å²) < 4.78 is 3.13. The summed E-state index contributed by atoms with van der Waals surface area (Å²) in [6, 6.07) is 8.10. The fraction of sp³-hybridized carbons (Fsp3) is 0.182. The first-order valence-electron chi connectivity index (χ1n) is 4.78. The van der Waals surface area contributed by atoms with Crippen molar-refractivity contribution < 1.29 is 0 Å². The Bertz CT molecular complexity index is 433. The van der Waals surface area contributed by atoms with Gasteiger partial charge in [-0.3, -0.25) is 0 Å². The lowest BCUT2D eigenvalue weighted by molar-refractivity contribution is 0.715. The number of benzene rings is 1. The molecule has 2 rings (SSSR count). The van der Waals surface area contributed by atoms with Gasteiger partial charge in [0.1, 0.15) is 5.82 Å². The van der Waals surface area contributed by atoms with E-state index in [0.717, 1.165) is 22.4 Å². The van der Waals surface area contributed by atoms with Gasteiger partial charge in [0.15, 0.2) is 0 Å². The van der Waals surface area contributed by atoms with Gasteiger partial charge in [-0.05, 0) is 12.1 Å². The Labute approximate surface area is 97.1 Å². The zero-order valence-corrected chi connectivity index (χ0v) is 9.81. The first kappa shape index (κ1) is 10.4. The van der Waals surface area contributed by atoms with Crippen molar-refractivity contribution in [2.24, 2.45) is 5.73 Å². The van der Waals surface area contributed by atoms with Crippen molar-refractivity contribution in [2.75, 3.05) is 6.54 Å². The van der Waals surface area contributed by atoms with E-state index in [4.69, 9.17) is 5.73 Å². The average Bonchev–Trinajstić information content (AvgIpc) is 2.68. The molecule has 4 heteroatoms. The first-order valence-corrected chi connectivity index (χ1v) is 5.57. The summed E-state index contributed by atoms with van der Waals surface area (Å²) >= 11 is 3.41. The maximum absolute atomic E-state index is 5.53.